The van der Waals surface area contributed by atoms with E-state index in [0.29, 0.717) is 12.1 Å². The number of hydrogen-bond donors (Lipinski definition) is 1. The van der Waals surface area contributed by atoms with Crippen LogP contribution in [0.15, 0.2) is 22.7 Å². The van der Waals surface area contributed by atoms with Gasteiger partial charge in [-0.1, -0.05) is 18.9 Å². The van der Waals surface area contributed by atoms with Gasteiger partial charge in [-0.3, -0.25) is 4.79 Å². The van der Waals surface area contributed by atoms with Gasteiger partial charge in [0.25, 0.3) is 5.91 Å². The number of carbonyl (C=O) groups is 1. The second-order valence-electron chi connectivity index (χ2n) is 5.14. The average Bonchev–Trinajstić information content (AvgIpc) is 2.89. The molecular weight excluding hydrogens is 306 g/mol. The van der Waals surface area contributed by atoms with Gasteiger partial charge in [0.2, 0.25) is 0 Å². The summed E-state index contributed by atoms with van der Waals surface area (Å²) in [7, 11) is 0. The number of aliphatic hydroxyl groups excluding tert-OH is 1. The Bertz CT molecular complexity index is 455. The number of aryl methyl sites for hydroxylation is 1. The van der Waals surface area contributed by atoms with Crippen LogP contribution in [0.25, 0.3) is 0 Å². The normalized spacial score (nSPS) is 15.7. The van der Waals surface area contributed by atoms with Crippen molar-refractivity contribution in [1.29, 1.82) is 0 Å². The summed E-state index contributed by atoms with van der Waals surface area (Å²) < 4.78 is 0.832. The smallest absolute Gasteiger partial charge is 0.255 e. The molecule has 0 radical (unpaired) electrons. The number of halogens is 1. The molecule has 4 heteroatoms. The number of benzene rings is 1. The molecule has 19 heavy (non-hydrogen) atoms. The van der Waals surface area contributed by atoms with Gasteiger partial charge >= 0.3 is 0 Å². The third-order valence-electron chi connectivity index (χ3n) is 3.72. The van der Waals surface area contributed by atoms with Gasteiger partial charge in [0.1, 0.15) is 0 Å². The largest absolute Gasteiger partial charge is 0.395 e. The van der Waals surface area contributed by atoms with Gasteiger partial charge in [-0.05, 0) is 53.4 Å². The molecular formula is C15H20BrNO2. The van der Waals surface area contributed by atoms with E-state index in [9.17, 15) is 9.90 Å². The van der Waals surface area contributed by atoms with Crippen molar-refractivity contribution in [2.75, 3.05) is 13.2 Å². The van der Waals surface area contributed by atoms with E-state index in [-0.39, 0.29) is 18.6 Å². The Balaban J connectivity index is 2.22. The van der Waals surface area contributed by atoms with Crippen LogP contribution in [0.3, 0.4) is 0 Å². The topological polar surface area (TPSA) is 40.5 Å². The molecule has 1 fully saturated rings. The lowest BCUT2D eigenvalue weighted by atomic mass is 10.1. The Kier molecular flexibility index (Phi) is 4.99. The average molecular weight is 326 g/mol. The summed E-state index contributed by atoms with van der Waals surface area (Å²) >= 11 is 3.47. The van der Waals surface area contributed by atoms with Crippen molar-refractivity contribution < 1.29 is 9.90 Å². The first-order valence-corrected chi connectivity index (χ1v) is 7.60. The van der Waals surface area contributed by atoms with Gasteiger partial charge in [0.15, 0.2) is 0 Å². The molecule has 1 aliphatic carbocycles. The molecule has 1 aromatic rings. The predicted octanol–water partition coefficient (Wildman–Crippen LogP) is 3.13. The van der Waals surface area contributed by atoms with Crippen LogP contribution in [0.2, 0.25) is 0 Å². The Morgan fingerprint density at radius 1 is 1.42 bits per heavy atom. The van der Waals surface area contributed by atoms with Gasteiger partial charge < -0.3 is 10.0 Å². The van der Waals surface area contributed by atoms with Gasteiger partial charge in [-0.2, -0.15) is 0 Å². The standard InChI is InChI=1S/C15H20BrNO2/c1-11-6-7-13(14(16)10-11)15(19)17(8-9-18)12-4-2-3-5-12/h6-7,10,12,18H,2-5,8-9H2,1H3. The first kappa shape index (κ1) is 14.5. The maximum atomic E-state index is 12.6. The number of amides is 1. The van der Waals surface area contributed by atoms with E-state index in [1.54, 1.807) is 0 Å². The monoisotopic (exact) mass is 325 g/mol. The van der Waals surface area contributed by atoms with Gasteiger partial charge in [-0.25, -0.2) is 0 Å². The van der Waals surface area contributed by atoms with Crippen molar-refractivity contribution >= 4 is 21.8 Å². The molecule has 0 unspecified atom stereocenters. The Morgan fingerprint density at radius 3 is 2.68 bits per heavy atom. The molecule has 0 atom stereocenters. The third kappa shape index (κ3) is 3.37. The molecule has 1 aliphatic rings. The van der Waals surface area contributed by atoms with Crippen molar-refractivity contribution in [1.82, 2.24) is 4.90 Å². The molecule has 0 aromatic heterocycles. The molecule has 0 bridgehead atoms. The fourth-order valence-corrected chi connectivity index (χ4v) is 3.38. The predicted molar refractivity (Wildman–Crippen MR) is 79.3 cm³/mol. The van der Waals surface area contributed by atoms with Crippen LogP contribution >= 0.6 is 15.9 Å². The summed E-state index contributed by atoms with van der Waals surface area (Å²) in [5.41, 5.74) is 1.81. The summed E-state index contributed by atoms with van der Waals surface area (Å²) in [6, 6.07) is 6.05. The fraction of sp³-hybridized carbons (Fsp3) is 0.533. The summed E-state index contributed by atoms with van der Waals surface area (Å²) in [6.07, 6.45) is 4.45. The van der Waals surface area contributed by atoms with Crippen molar-refractivity contribution in [3.63, 3.8) is 0 Å². The van der Waals surface area contributed by atoms with E-state index in [2.05, 4.69) is 15.9 Å². The Morgan fingerprint density at radius 2 is 2.11 bits per heavy atom. The maximum absolute atomic E-state index is 12.6. The molecule has 0 spiro atoms. The zero-order chi connectivity index (χ0) is 13.8. The maximum Gasteiger partial charge on any atom is 0.255 e. The minimum atomic E-state index is 0.0196. The molecule has 0 saturated heterocycles. The van der Waals surface area contributed by atoms with E-state index in [1.165, 1.54) is 12.8 Å². The highest BCUT2D eigenvalue weighted by molar-refractivity contribution is 9.10. The second kappa shape index (κ2) is 6.53. The van der Waals surface area contributed by atoms with Crippen LogP contribution in [0, 0.1) is 6.92 Å². The highest BCUT2D eigenvalue weighted by Gasteiger charge is 2.27. The van der Waals surface area contributed by atoms with Crippen molar-refractivity contribution in [3.05, 3.63) is 33.8 Å². The first-order chi connectivity index (χ1) is 9.13. The molecule has 104 valence electrons. The summed E-state index contributed by atoms with van der Waals surface area (Å²) in [6.45, 7) is 2.44. The van der Waals surface area contributed by atoms with Crippen molar-refractivity contribution in [2.45, 2.75) is 38.6 Å². The fourth-order valence-electron chi connectivity index (χ4n) is 2.72. The SMILES string of the molecule is Cc1ccc(C(=O)N(CCO)C2CCCC2)c(Br)c1. The third-order valence-corrected chi connectivity index (χ3v) is 4.38. The minimum absolute atomic E-state index is 0.0196. The zero-order valence-electron chi connectivity index (χ0n) is 11.2. The van der Waals surface area contributed by atoms with Crippen LogP contribution < -0.4 is 0 Å². The van der Waals surface area contributed by atoms with Crippen LogP contribution in [0.1, 0.15) is 41.6 Å². The number of hydrogen-bond acceptors (Lipinski definition) is 2. The molecule has 1 N–H and O–H groups in total. The number of nitrogens with zero attached hydrogens (tertiary/aromatic N) is 1. The highest BCUT2D eigenvalue weighted by Crippen LogP contribution is 2.27. The highest BCUT2D eigenvalue weighted by atomic mass is 79.9. The summed E-state index contributed by atoms with van der Waals surface area (Å²) in [5.74, 6) is 0.0211. The molecule has 2 rings (SSSR count). The van der Waals surface area contributed by atoms with Crippen LogP contribution in [-0.4, -0.2) is 35.1 Å². The summed E-state index contributed by atoms with van der Waals surface area (Å²) in [4.78, 5) is 14.5. The number of aliphatic hydroxyl groups is 1. The van der Waals surface area contributed by atoms with Crippen LogP contribution in [0.4, 0.5) is 0 Å². The molecule has 1 amide bonds. The van der Waals surface area contributed by atoms with E-state index < -0.39 is 0 Å². The van der Waals surface area contributed by atoms with Crippen molar-refractivity contribution in [2.24, 2.45) is 0 Å². The lowest BCUT2D eigenvalue weighted by Crippen LogP contribution is -2.40. The number of rotatable bonds is 4. The lowest BCUT2D eigenvalue weighted by Gasteiger charge is -2.28. The molecule has 1 aromatic carbocycles. The van der Waals surface area contributed by atoms with Gasteiger partial charge in [0.05, 0.1) is 12.2 Å². The van der Waals surface area contributed by atoms with Gasteiger partial charge in [-0.15, -0.1) is 0 Å². The second-order valence-corrected chi connectivity index (χ2v) is 6.00. The molecule has 3 nitrogen and oxygen atoms in total. The van der Waals surface area contributed by atoms with Crippen LogP contribution in [0.5, 0.6) is 0 Å². The Hall–Kier alpha value is -0.870. The molecule has 0 heterocycles. The minimum Gasteiger partial charge on any atom is -0.395 e. The number of carbonyl (C=O) groups excluding carboxylic acids is 1. The van der Waals surface area contributed by atoms with Gasteiger partial charge in [0, 0.05) is 17.1 Å². The lowest BCUT2D eigenvalue weighted by molar-refractivity contribution is 0.0637. The molecule has 1 saturated carbocycles. The van der Waals surface area contributed by atoms with E-state index in [1.807, 2.05) is 30.0 Å². The van der Waals surface area contributed by atoms with E-state index >= 15 is 0 Å². The summed E-state index contributed by atoms with van der Waals surface area (Å²) in [5, 5.41) is 9.20. The van der Waals surface area contributed by atoms with Crippen molar-refractivity contribution in [3.8, 4) is 0 Å². The zero-order valence-corrected chi connectivity index (χ0v) is 12.8. The first-order valence-electron chi connectivity index (χ1n) is 6.81. The van der Waals surface area contributed by atoms with E-state index in [0.717, 1.165) is 22.9 Å². The van der Waals surface area contributed by atoms with Crippen LogP contribution in [-0.2, 0) is 0 Å². The Labute approximate surface area is 122 Å². The quantitative estimate of drug-likeness (QED) is 0.923. The molecule has 0 aliphatic heterocycles. The van der Waals surface area contributed by atoms with E-state index in [4.69, 9.17) is 0 Å².